The van der Waals surface area contributed by atoms with Crippen LogP contribution in [0.2, 0.25) is 0 Å². The van der Waals surface area contributed by atoms with E-state index >= 15 is 0 Å². The van der Waals surface area contributed by atoms with E-state index in [0.29, 0.717) is 5.56 Å². The van der Waals surface area contributed by atoms with E-state index in [-0.39, 0.29) is 5.78 Å². The number of fused-ring (bicyclic) bond motifs is 1. The van der Waals surface area contributed by atoms with E-state index in [9.17, 15) is 4.79 Å². The van der Waals surface area contributed by atoms with Gasteiger partial charge in [0.1, 0.15) is 0 Å². The zero-order chi connectivity index (χ0) is 14.0. The number of para-hydroxylation sites is 1. The van der Waals surface area contributed by atoms with Crippen LogP contribution in [0.3, 0.4) is 0 Å². The van der Waals surface area contributed by atoms with E-state index < -0.39 is 5.54 Å². The first-order valence-corrected chi connectivity index (χ1v) is 6.56. The summed E-state index contributed by atoms with van der Waals surface area (Å²) < 4.78 is 0. The number of rotatable bonds is 4. The molecule has 2 aromatic rings. The molecule has 1 heterocycles. The number of likely N-dealkylation sites (N-methyl/N-ethyl adjacent to an activating group) is 1. The van der Waals surface area contributed by atoms with Gasteiger partial charge < -0.3 is 0 Å². The van der Waals surface area contributed by atoms with Crippen LogP contribution in [0, 0.1) is 0 Å². The molecule has 1 aromatic heterocycles. The molecule has 0 N–H and O–H groups in total. The third-order valence-corrected chi connectivity index (χ3v) is 4.04. The predicted octanol–water partition coefficient (Wildman–Crippen LogP) is 3.15. The summed E-state index contributed by atoms with van der Waals surface area (Å²) in [6.07, 6.45) is 2.50. The lowest BCUT2D eigenvalue weighted by atomic mass is 9.86. The topological polar surface area (TPSA) is 33.2 Å². The molecular weight excluding hydrogens is 236 g/mol. The summed E-state index contributed by atoms with van der Waals surface area (Å²) in [5.41, 5.74) is 0.999. The van der Waals surface area contributed by atoms with Gasteiger partial charge in [0, 0.05) is 17.1 Å². The summed E-state index contributed by atoms with van der Waals surface area (Å²) >= 11 is 0. The van der Waals surface area contributed by atoms with Gasteiger partial charge in [0.15, 0.2) is 5.78 Å². The Kier molecular flexibility index (Phi) is 3.67. The number of aromatic nitrogens is 1. The quantitative estimate of drug-likeness (QED) is 0.788. The summed E-state index contributed by atoms with van der Waals surface area (Å²) in [4.78, 5) is 19.2. The van der Waals surface area contributed by atoms with Crippen LogP contribution < -0.4 is 0 Å². The van der Waals surface area contributed by atoms with Crippen molar-refractivity contribution in [1.29, 1.82) is 0 Å². The van der Waals surface area contributed by atoms with Crippen molar-refractivity contribution in [2.24, 2.45) is 0 Å². The molecule has 0 bridgehead atoms. The summed E-state index contributed by atoms with van der Waals surface area (Å²) in [5, 5.41) is 1.01. The molecule has 1 aromatic carbocycles. The van der Waals surface area contributed by atoms with Gasteiger partial charge >= 0.3 is 0 Å². The Morgan fingerprint density at radius 3 is 2.58 bits per heavy atom. The smallest absolute Gasteiger partial charge is 0.184 e. The SMILES string of the molecule is CCC(C)(C(=O)c1cccc2cccnc12)N(C)C. The zero-order valence-corrected chi connectivity index (χ0v) is 12.0. The first-order valence-electron chi connectivity index (χ1n) is 6.56. The van der Waals surface area contributed by atoms with Gasteiger partial charge in [-0.15, -0.1) is 0 Å². The first-order chi connectivity index (χ1) is 9.00. The normalized spacial score (nSPS) is 14.6. The van der Waals surface area contributed by atoms with E-state index in [1.807, 2.05) is 63.2 Å². The lowest BCUT2D eigenvalue weighted by Gasteiger charge is -2.34. The van der Waals surface area contributed by atoms with Crippen LogP contribution in [0.4, 0.5) is 0 Å². The third kappa shape index (κ3) is 2.26. The third-order valence-electron chi connectivity index (χ3n) is 4.04. The minimum atomic E-state index is -0.494. The Hall–Kier alpha value is -1.74. The molecule has 3 nitrogen and oxygen atoms in total. The minimum absolute atomic E-state index is 0.129. The molecule has 0 fully saturated rings. The summed E-state index contributed by atoms with van der Waals surface area (Å²) in [6, 6.07) is 9.65. The number of nitrogens with zero attached hydrogens (tertiary/aromatic N) is 2. The van der Waals surface area contributed by atoms with Crippen LogP contribution in [0.25, 0.3) is 10.9 Å². The maximum Gasteiger partial charge on any atom is 0.184 e. The van der Waals surface area contributed by atoms with Crippen LogP contribution >= 0.6 is 0 Å². The minimum Gasteiger partial charge on any atom is -0.297 e. The van der Waals surface area contributed by atoms with Crippen LogP contribution in [0.1, 0.15) is 30.6 Å². The molecule has 1 atom stereocenters. The number of carbonyl (C=O) groups excluding carboxylic acids is 1. The molecule has 0 radical (unpaired) electrons. The lowest BCUT2D eigenvalue weighted by Crippen LogP contribution is -2.48. The Labute approximate surface area is 114 Å². The highest BCUT2D eigenvalue weighted by molar-refractivity contribution is 6.11. The molecule has 19 heavy (non-hydrogen) atoms. The highest BCUT2D eigenvalue weighted by Gasteiger charge is 2.35. The van der Waals surface area contributed by atoms with Gasteiger partial charge in [-0.05, 0) is 39.6 Å². The molecule has 0 spiro atoms. The zero-order valence-electron chi connectivity index (χ0n) is 12.0. The fourth-order valence-corrected chi connectivity index (χ4v) is 2.26. The van der Waals surface area contributed by atoms with Gasteiger partial charge in [0.2, 0.25) is 0 Å². The predicted molar refractivity (Wildman–Crippen MR) is 78.5 cm³/mol. The second kappa shape index (κ2) is 5.10. The summed E-state index contributed by atoms with van der Waals surface area (Å²) in [7, 11) is 3.89. The average molecular weight is 256 g/mol. The molecule has 0 saturated carbocycles. The molecular formula is C16H20N2O. The molecule has 2 rings (SSSR count). The van der Waals surface area contributed by atoms with Gasteiger partial charge in [-0.2, -0.15) is 0 Å². The summed E-state index contributed by atoms with van der Waals surface area (Å²) in [5.74, 6) is 0.129. The van der Waals surface area contributed by atoms with Gasteiger partial charge in [-0.1, -0.05) is 25.1 Å². The van der Waals surface area contributed by atoms with E-state index in [4.69, 9.17) is 0 Å². The second-order valence-corrected chi connectivity index (χ2v) is 5.23. The number of benzene rings is 1. The molecule has 0 aliphatic heterocycles. The number of hydrogen-bond donors (Lipinski definition) is 0. The van der Waals surface area contributed by atoms with Crippen molar-refractivity contribution < 1.29 is 4.79 Å². The Balaban J connectivity index is 2.59. The Morgan fingerprint density at radius 2 is 1.95 bits per heavy atom. The van der Waals surface area contributed by atoms with E-state index in [1.165, 1.54) is 0 Å². The molecule has 0 aliphatic rings. The van der Waals surface area contributed by atoms with Crippen molar-refractivity contribution in [2.45, 2.75) is 25.8 Å². The van der Waals surface area contributed by atoms with Crippen molar-refractivity contribution in [2.75, 3.05) is 14.1 Å². The number of ketones is 1. The van der Waals surface area contributed by atoms with Crippen molar-refractivity contribution >= 4 is 16.7 Å². The van der Waals surface area contributed by atoms with Gasteiger partial charge in [0.25, 0.3) is 0 Å². The molecule has 0 aliphatic carbocycles. The van der Waals surface area contributed by atoms with E-state index in [0.717, 1.165) is 17.3 Å². The van der Waals surface area contributed by atoms with Crippen LogP contribution in [-0.4, -0.2) is 35.3 Å². The Bertz CT molecular complexity index is 601. The molecule has 0 saturated heterocycles. The average Bonchev–Trinajstić information content (AvgIpc) is 2.44. The maximum absolute atomic E-state index is 12.9. The van der Waals surface area contributed by atoms with Crippen LogP contribution in [0.5, 0.6) is 0 Å². The van der Waals surface area contributed by atoms with Crippen LogP contribution in [0.15, 0.2) is 36.5 Å². The monoisotopic (exact) mass is 256 g/mol. The van der Waals surface area contributed by atoms with Gasteiger partial charge in [-0.3, -0.25) is 14.7 Å². The van der Waals surface area contributed by atoms with Crippen molar-refractivity contribution in [1.82, 2.24) is 9.88 Å². The molecule has 1 unspecified atom stereocenters. The number of carbonyl (C=O) groups is 1. The largest absolute Gasteiger partial charge is 0.297 e. The van der Waals surface area contributed by atoms with Gasteiger partial charge in [0.05, 0.1) is 11.1 Å². The first kappa shape index (κ1) is 13.7. The standard InChI is InChI=1S/C16H20N2O/c1-5-16(2,18(3)4)15(19)13-10-6-8-12-9-7-11-17-14(12)13/h6-11H,5H2,1-4H3. The highest BCUT2D eigenvalue weighted by Crippen LogP contribution is 2.26. The van der Waals surface area contributed by atoms with Crippen molar-refractivity contribution in [3.63, 3.8) is 0 Å². The van der Waals surface area contributed by atoms with Crippen molar-refractivity contribution in [3.8, 4) is 0 Å². The number of hydrogen-bond acceptors (Lipinski definition) is 3. The molecule has 0 amide bonds. The fraction of sp³-hybridized carbons (Fsp3) is 0.375. The van der Waals surface area contributed by atoms with E-state index in [1.54, 1.807) is 6.20 Å². The Morgan fingerprint density at radius 1 is 1.26 bits per heavy atom. The molecule has 3 heteroatoms. The van der Waals surface area contributed by atoms with E-state index in [2.05, 4.69) is 4.98 Å². The highest BCUT2D eigenvalue weighted by atomic mass is 16.1. The fourth-order valence-electron chi connectivity index (χ4n) is 2.26. The number of pyridine rings is 1. The molecule has 100 valence electrons. The maximum atomic E-state index is 12.9. The van der Waals surface area contributed by atoms with Gasteiger partial charge in [-0.25, -0.2) is 0 Å². The lowest BCUT2D eigenvalue weighted by molar-refractivity contribution is 0.0712. The summed E-state index contributed by atoms with van der Waals surface area (Å²) in [6.45, 7) is 4.02. The van der Waals surface area contributed by atoms with Crippen molar-refractivity contribution in [3.05, 3.63) is 42.1 Å². The van der Waals surface area contributed by atoms with Crippen LogP contribution in [-0.2, 0) is 0 Å². The second-order valence-electron chi connectivity index (χ2n) is 5.23. The number of Topliss-reactive ketones (excluding diaryl/α,β-unsaturated/α-hetero) is 1.